The molecule has 0 saturated carbocycles. The molecule has 1 atom stereocenters. The molecule has 0 N–H and O–H groups in total. The van der Waals surface area contributed by atoms with Gasteiger partial charge in [0, 0.05) is 18.4 Å². The molecule has 0 aliphatic carbocycles. The molecule has 1 aliphatic rings. The molecule has 1 amide bonds. The Morgan fingerprint density at radius 3 is 2.53 bits per heavy atom. The Kier molecular flexibility index (Phi) is 4.72. The van der Waals surface area contributed by atoms with E-state index in [1.54, 1.807) is 4.90 Å². The van der Waals surface area contributed by atoms with Crippen LogP contribution in [0.15, 0.2) is 0 Å². The summed E-state index contributed by atoms with van der Waals surface area (Å²) in [5, 5.41) is 0. The van der Waals surface area contributed by atoms with Crippen molar-refractivity contribution in [3.63, 3.8) is 0 Å². The lowest BCUT2D eigenvalue weighted by Gasteiger charge is -2.24. The standard InChI is InChI=1S/C14H25NO2/c1-5-11-6-7-13(17)15(9-8-11)10-12(16)14(2,3)4/h11H,5-10H2,1-4H3. The average molecular weight is 239 g/mol. The van der Waals surface area contributed by atoms with Crippen LogP contribution in [0.1, 0.15) is 53.4 Å². The van der Waals surface area contributed by atoms with Crippen molar-refractivity contribution in [1.82, 2.24) is 4.90 Å². The fraction of sp³-hybridized carbons (Fsp3) is 0.857. The summed E-state index contributed by atoms with van der Waals surface area (Å²) in [6.07, 6.45) is 3.76. The highest BCUT2D eigenvalue weighted by Gasteiger charge is 2.27. The van der Waals surface area contributed by atoms with E-state index in [0.717, 1.165) is 25.8 Å². The van der Waals surface area contributed by atoms with Gasteiger partial charge in [-0.25, -0.2) is 0 Å². The summed E-state index contributed by atoms with van der Waals surface area (Å²) in [6.45, 7) is 8.94. The Balaban J connectivity index is 2.59. The molecule has 0 spiro atoms. The highest BCUT2D eigenvalue weighted by atomic mass is 16.2. The lowest BCUT2D eigenvalue weighted by Crippen LogP contribution is -2.39. The van der Waals surface area contributed by atoms with Crippen LogP contribution in [0.4, 0.5) is 0 Å². The lowest BCUT2D eigenvalue weighted by molar-refractivity contribution is -0.137. The minimum Gasteiger partial charge on any atom is -0.335 e. The Labute approximate surface area is 105 Å². The Bertz CT molecular complexity index is 291. The number of carbonyl (C=O) groups is 2. The third-order valence-corrected chi connectivity index (χ3v) is 3.67. The minimum atomic E-state index is -0.350. The predicted octanol–water partition coefficient (Wildman–Crippen LogP) is 2.64. The third-order valence-electron chi connectivity index (χ3n) is 3.67. The van der Waals surface area contributed by atoms with Gasteiger partial charge in [-0.05, 0) is 18.8 Å². The van der Waals surface area contributed by atoms with E-state index in [2.05, 4.69) is 6.92 Å². The van der Waals surface area contributed by atoms with Gasteiger partial charge in [-0.15, -0.1) is 0 Å². The summed E-state index contributed by atoms with van der Waals surface area (Å²) >= 11 is 0. The zero-order valence-corrected chi connectivity index (χ0v) is 11.6. The fourth-order valence-corrected chi connectivity index (χ4v) is 2.08. The van der Waals surface area contributed by atoms with Gasteiger partial charge in [0.25, 0.3) is 0 Å². The van der Waals surface area contributed by atoms with Gasteiger partial charge in [0.2, 0.25) is 5.91 Å². The smallest absolute Gasteiger partial charge is 0.222 e. The van der Waals surface area contributed by atoms with Crippen LogP contribution in [0, 0.1) is 11.3 Å². The number of amides is 1. The second kappa shape index (κ2) is 5.65. The van der Waals surface area contributed by atoms with Crippen LogP contribution in [0.5, 0.6) is 0 Å². The summed E-state index contributed by atoms with van der Waals surface area (Å²) in [5.74, 6) is 0.952. The van der Waals surface area contributed by atoms with Crippen LogP contribution in [0.3, 0.4) is 0 Å². The number of hydrogen-bond donors (Lipinski definition) is 0. The number of hydrogen-bond acceptors (Lipinski definition) is 2. The second-order valence-electron chi connectivity index (χ2n) is 6.09. The molecule has 3 heteroatoms. The molecule has 1 aliphatic heterocycles. The summed E-state index contributed by atoms with van der Waals surface area (Å²) in [4.78, 5) is 25.6. The topological polar surface area (TPSA) is 37.4 Å². The minimum absolute atomic E-state index is 0.151. The van der Waals surface area contributed by atoms with E-state index in [-0.39, 0.29) is 17.1 Å². The summed E-state index contributed by atoms with van der Waals surface area (Å²) in [6, 6.07) is 0. The first-order valence-electron chi connectivity index (χ1n) is 6.65. The van der Waals surface area contributed by atoms with Gasteiger partial charge in [-0.1, -0.05) is 34.1 Å². The van der Waals surface area contributed by atoms with Gasteiger partial charge in [-0.3, -0.25) is 9.59 Å². The van der Waals surface area contributed by atoms with Crippen LogP contribution < -0.4 is 0 Å². The van der Waals surface area contributed by atoms with E-state index in [1.165, 1.54) is 0 Å². The van der Waals surface area contributed by atoms with Crippen molar-refractivity contribution >= 4 is 11.7 Å². The third kappa shape index (κ3) is 4.14. The quantitative estimate of drug-likeness (QED) is 0.759. The molecule has 0 bridgehead atoms. The molecule has 1 unspecified atom stereocenters. The Hall–Kier alpha value is -0.860. The largest absolute Gasteiger partial charge is 0.335 e. The van der Waals surface area contributed by atoms with Crippen molar-refractivity contribution < 1.29 is 9.59 Å². The highest BCUT2D eigenvalue weighted by Crippen LogP contribution is 2.22. The molecular weight excluding hydrogens is 214 g/mol. The summed E-state index contributed by atoms with van der Waals surface area (Å²) < 4.78 is 0. The molecule has 0 aromatic rings. The van der Waals surface area contributed by atoms with E-state index in [9.17, 15) is 9.59 Å². The van der Waals surface area contributed by atoms with Crippen molar-refractivity contribution in [3.05, 3.63) is 0 Å². The van der Waals surface area contributed by atoms with Crippen LogP contribution >= 0.6 is 0 Å². The maximum absolute atomic E-state index is 11.9. The van der Waals surface area contributed by atoms with E-state index in [4.69, 9.17) is 0 Å². The Morgan fingerprint density at radius 2 is 2.00 bits per heavy atom. The van der Waals surface area contributed by atoms with Gasteiger partial charge in [-0.2, -0.15) is 0 Å². The summed E-state index contributed by atoms with van der Waals surface area (Å²) in [5.41, 5.74) is -0.350. The molecule has 1 heterocycles. The van der Waals surface area contributed by atoms with Crippen LogP contribution in [-0.4, -0.2) is 29.7 Å². The molecule has 17 heavy (non-hydrogen) atoms. The van der Waals surface area contributed by atoms with Gasteiger partial charge < -0.3 is 4.90 Å². The van der Waals surface area contributed by atoms with Crippen LogP contribution in [-0.2, 0) is 9.59 Å². The van der Waals surface area contributed by atoms with Crippen molar-refractivity contribution in [3.8, 4) is 0 Å². The second-order valence-corrected chi connectivity index (χ2v) is 6.09. The predicted molar refractivity (Wildman–Crippen MR) is 68.7 cm³/mol. The average Bonchev–Trinajstić information content (AvgIpc) is 2.41. The van der Waals surface area contributed by atoms with E-state index in [1.807, 2.05) is 20.8 Å². The van der Waals surface area contributed by atoms with Crippen LogP contribution in [0.25, 0.3) is 0 Å². The van der Waals surface area contributed by atoms with Gasteiger partial charge in [0.15, 0.2) is 5.78 Å². The van der Waals surface area contributed by atoms with Crippen LogP contribution in [0.2, 0.25) is 0 Å². The van der Waals surface area contributed by atoms with Gasteiger partial charge in [0.05, 0.1) is 6.54 Å². The first kappa shape index (κ1) is 14.2. The Morgan fingerprint density at radius 1 is 1.35 bits per heavy atom. The van der Waals surface area contributed by atoms with Gasteiger partial charge in [0.1, 0.15) is 0 Å². The van der Waals surface area contributed by atoms with Crippen molar-refractivity contribution in [2.75, 3.05) is 13.1 Å². The molecule has 1 rings (SSSR count). The lowest BCUT2D eigenvalue weighted by atomic mass is 9.90. The molecule has 0 radical (unpaired) electrons. The summed E-state index contributed by atoms with van der Waals surface area (Å²) in [7, 11) is 0. The normalized spacial score (nSPS) is 22.5. The first-order chi connectivity index (χ1) is 7.84. The number of rotatable bonds is 3. The number of carbonyl (C=O) groups excluding carboxylic acids is 2. The van der Waals surface area contributed by atoms with Crippen molar-refractivity contribution in [2.24, 2.45) is 11.3 Å². The molecule has 98 valence electrons. The zero-order valence-electron chi connectivity index (χ0n) is 11.6. The van der Waals surface area contributed by atoms with E-state index < -0.39 is 0 Å². The molecule has 0 aromatic carbocycles. The maximum Gasteiger partial charge on any atom is 0.222 e. The molecule has 3 nitrogen and oxygen atoms in total. The highest BCUT2D eigenvalue weighted by molar-refractivity contribution is 5.89. The first-order valence-corrected chi connectivity index (χ1v) is 6.65. The number of likely N-dealkylation sites (tertiary alicyclic amines) is 1. The van der Waals surface area contributed by atoms with E-state index >= 15 is 0 Å². The van der Waals surface area contributed by atoms with Crippen molar-refractivity contribution in [2.45, 2.75) is 53.4 Å². The maximum atomic E-state index is 11.9. The SMILES string of the molecule is CCC1CCC(=O)N(CC(=O)C(C)(C)C)CC1. The van der Waals surface area contributed by atoms with Gasteiger partial charge >= 0.3 is 0 Å². The van der Waals surface area contributed by atoms with E-state index in [0.29, 0.717) is 18.9 Å². The van der Waals surface area contributed by atoms with Crippen molar-refractivity contribution in [1.29, 1.82) is 0 Å². The monoisotopic (exact) mass is 239 g/mol. The fourth-order valence-electron chi connectivity index (χ4n) is 2.08. The molecular formula is C14H25NO2. The molecule has 1 fully saturated rings. The zero-order chi connectivity index (χ0) is 13.1. The molecule has 0 aromatic heterocycles. The number of ketones is 1. The number of Topliss-reactive ketones (excluding diaryl/α,β-unsaturated/α-hetero) is 1. The number of nitrogens with zero attached hydrogens (tertiary/aromatic N) is 1. The molecule has 1 saturated heterocycles.